The van der Waals surface area contributed by atoms with Gasteiger partial charge in [-0.2, -0.15) is 0 Å². The van der Waals surface area contributed by atoms with Crippen molar-refractivity contribution in [3.63, 3.8) is 0 Å². The van der Waals surface area contributed by atoms with Crippen LogP contribution >= 0.6 is 0 Å². The van der Waals surface area contributed by atoms with E-state index in [0.717, 1.165) is 18.7 Å². The normalized spacial score (nSPS) is 21.2. The summed E-state index contributed by atoms with van der Waals surface area (Å²) in [6, 6.07) is 3.72. The number of pyridine rings is 1. The molecule has 0 aliphatic carbocycles. The third-order valence-corrected chi connectivity index (χ3v) is 4.89. The molecule has 2 aliphatic rings. The van der Waals surface area contributed by atoms with Crippen LogP contribution in [0.25, 0.3) is 0 Å². The van der Waals surface area contributed by atoms with E-state index < -0.39 is 5.60 Å². The Bertz CT molecular complexity index is 651. The SMILES string of the molecule is CC(C)(C)OC(=O)N1CCC(C(=O)N2CCC(Oc3cccnc3)C2)CC1. The zero-order valence-electron chi connectivity index (χ0n) is 16.4. The molecule has 0 radical (unpaired) electrons. The molecule has 3 rings (SSSR count). The van der Waals surface area contributed by atoms with Crippen molar-refractivity contribution in [2.45, 2.75) is 51.7 Å². The van der Waals surface area contributed by atoms with Gasteiger partial charge in [-0.3, -0.25) is 9.78 Å². The van der Waals surface area contributed by atoms with Crippen LogP contribution in [0.3, 0.4) is 0 Å². The van der Waals surface area contributed by atoms with Gasteiger partial charge in [-0.1, -0.05) is 0 Å². The number of likely N-dealkylation sites (tertiary alicyclic amines) is 2. The van der Waals surface area contributed by atoms with Gasteiger partial charge in [0.25, 0.3) is 0 Å². The quantitative estimate of drug-likeness (QED) is 0.812. The highest BCUT2D eigenvalue weighted by Crippen LogP contribution is 2.25. The number of ether oxygens (including phenoxy) is 2. The fourth-order valence-corrected chi connectivity index (χ4v) is 3.53. The monoisotopic (exact) mass is 375 g/mol. The molecular formula is C20H29N3O4. The van der Waals surface area contributed by atoms with Gasteiger partial charge in [0.2, 0.25) is 5.91 Å². The number of carbonyl (C=O) groups is 2. The molecule has 0 aromatic carbocycles. The standard InChI is InChI=1S/C20H29N3O4/c1-20(2,3)27-19(25)22-10-6-15(7-11-22)18(24)23-12-8-17(14-23)26-16-5-4-9-21-13-16/h4-5,9,13,15,17H,6-8,10-12,14H2,1-3H3. The van der Waals surface area contributed by atoms with Crippen LogP contribution in [0.1, 0.15) is 40.0 Å². The highest BCUT2D eigenvalue weighted by Gasteiger charge is 2.35. The molecule has 3 heterocycles. The van der Waals surface area contributed by atoms with Crippen molar-refractivity contribution in [3.05, 3.63) is 24.5 Å². The maximum absolute atomic E-state index is 12.8. The van der Waals surface area contributed by atoms with Gasteiger partial charge < -0.3 is 19.3 Å². The van der Waals surface area contributed by atoms with Crippen molar-refractivity contribution in [3.8, 4) is 5.75 Å². The van der Waals surface area contributed by atoms with Crippen LogP contribution in [-0.2, 0) is 9.53 Å². The average molecular weight is 375 g/mol. The number of rotatable bonds is 3. The minimum absolute atomic E-state index is 0.0139. The molecule has 7 nitrogen and oxygen atoms in total. The maximum Gasteiger partial charge on any atom is 0.410 e. The number of nitrogens with zero attached hydrogens (tertiary/aromatic N) is 3. The number of aromatic nitrogens is 1. The van der Waals surface area contributed by atoms with Crippen LogP contribution in [0.5, 0.6) is 5.75 Å². The molecule has 0 spiro atoms. The molecule has 148 valence electrons. The highest BCUT2D eigenvalue weighted by atomic mass is 16.6. The Balaban J connectivity index is 1.45. The first-order chi connectivity index (χ1) is 12.8. The second-order valence-electron chi connectivity index (χ2n) is 8.24. The van der Waals surface area contributed by atoms with E-state index in [1.807, 2.05) is 37.8 Å². The fourth-order valence-electron chi connectivity index (χ4n) is 3.53. The van der Waals surface area contributed by atoms with Crippen molar-refractivity contribution in [1.82, 2.24) is 14.8 Å². The van der Waals surface area contributed by atoms with Crippen molar-refractivity contribution >= 4 is 12.0 Å². The second-order valence-corrected chi connectivity index (χ2v) is 8.24. The number of piperidine rings is 1. The summed E-state index contributed by atoms with van der Waals surface area (Å²) in [5.41, 5.74) is -0.497. The Morgan fingerprint density at radius 1 is 1.11 bits per heavy atom. The summed E-state index contributed by atoms with van der Waals surface area (Å²) in [4.78, 5) is 32.6. The average Bonchev–Trinajstić information content (AvgIpc) is 3.09. The first-order valence-electron chi connectivity index (χ1n) is 9.65. The fraction of sp³-hybridized carbons (Fsp3) is 0.650. The van der Waals surface area contributed by atoms with Crippen LogP contribution in [0.2, 0.25) is 0 Å². The molecular weight excluding hydrogens is 346 g/mol. The van der Waals surface area contributed by atoms with Gasteiger partial charge in [0, 0.05) is 38.2 Å². The molecule has 1 aromatic rings. The third-order valence-electron chi connectivity index (χ3n) is 4.89. The summed E-state index contributed by atoms with van der Waals surface area (Å²) in [5.74, 6) is 0.888. The number of carbonyl (C=O) groups excluding carboxylic acids is 2. The van der Waals surface area contributed by atoms with E-state index >= 15 is 0 Å². The molecule has 1 atom stereocenters. The summed E-state index contributed by atoms with van der Waals surface area (Å²) in [6.07, 6.45) is 5.32. The van der Waals surface area contributed by atoms with Gasteiger partial charge >= 0.3 is 6.09 Å². The summed E-state index contributed by atoms with van der Waals surface area (Å²) in [7, 11) is 0. The van der Waals surface area contributed by atoms with Gasteiger partial charge in [0.15, 0.2) is 0 Å². The molecule has 2 amide bonds. The Labute approximate surface area is 160 Å². The Morgan fingerprint density at radius 2 is 1.81 bits per heavy atom. The lowest BCUT2D eigenvalue weighted by Gasteiger charge is -2.34. The molecule has 0 bridgehead atoms. The summed E-state index contributed by atoms with van der Waals surface area (Å²) >= 11 is 0. The van der Waals surface area contributed by atoms with Gasteiger partial charge in [-0.15, -0.1) is 0 Å². The Morgan fingerprint density at radius 3 is 2.44 bits per heavy atom. The van der Waals surface area contributed by atoms with Crippen molar-refractivity contribution in [2.24, 2.45) is 5.92 Å². The third kappa shape index (κ3) is 5.34. The topological polar surface area (TPSA) is 72.0 Å². The van der Waals surface area contributed by atoms with Gasteiger partial charge in [-0.25, -0.2) is 4.79 Å². The zero-order chi connectivity index (χ0) is 19.4. The summed E-state index contributed by atoms with van der Waals surface area (Å²) in [6.45, 7) is 8.04. The molecule has 1 unspecified atom stereocenters. The van der Waals surface area contributed by atoms with Gasteiger partial charge in [0.1, 0.15) is 17.5 Å². The first kappa shape index (κ1) is 19.5. The predicted molar refractivity (Wildman–Crippen MR) is 100 cm³/mol. The molecule has 0 saturated carbocycles. The molecule has 2 fully saturated rings. The minimum Gasteiger partial charge on any atom is -0.487 e. The largest absolute Gasteiger partial charge is 0.487 e. The van der Waals surface area contributed by atoms with Crippen LogP contribution in [0.15, 0.2) is 24.5 Å². The molecule has 7 heteroatoms. The van der Waals surface area contributed by atoms with Crippen LogP contribution in [0, 0.1) is 5.92 Å². The zero-order valence-corrected chi connectivity index (χ0v) is 16.4. The molecule has 2 aliphatic heterocycles. The summed E-state index contributed by atoms with van der Waals surface area (Å²) in [5, 5.41) is 0. The number of hydrogen-bond donors (Lipinski definition) is 0. The van der Waals surface area contributed by atoms with Crippen molar-refractivity contribution in [2.75, 3.05) is 26.2 Å². The van der Waals surface area contributed by atoms with Crippen molar-refractivity contribution in [1.29, 1.82) is 0 Å². The van der Waals surface area contributed by atoms with E-state index in [1.54, 1.807) is 17.3 Å². The second kappa shape index (κ2) is 8.15. The van der Waals surface area contributed by atoms with Crippen LogP contribution in [0.4, 0.5) is 4.79 Å². The lowest BCUT2D eigenvalue weighted by Crippen LogP contribution is -2.45. The molecule has 1 aromatic heterocycles. The highest BCUT2D eigenvalue weighted by molar-refractivity contribution is 5.79. The lowest BCUT2D eigenvalue weighted by atomic mass is 9.95. The molecule has 27 heavy (non-hydrogen) atoms. The Kier molecular flexibility index (Phi) is 5.87. The molecule has 0 N–H and O–H groups in total. The smallest absolute Gasteiger partial charge is 0.410 e. The van der Waals surface area contributed by atoms with E-state index in [1.165, 1.54) is 0 Å². The van der Waals surface area contributed by atoms with Gasteiger partial charge in [-0.05, 0) is 45.7 Å². The number of hydrogen-bond acceptors (Lipinski definition) is 5. The first-order valence-corrected chi connectivity index (χ1v) is 9.65. The Hall–Kier alpha value is -2.31. The summed E-state index contributed by atoms with van der Waals surface area (Å²) < 4.78 is 11.3. The van der Waals surface area contributed by atoms with E-state index in [2.05, 4.69) is 4.98 Å². The van der Waals surface area contributed by atoms with Crippen LogP contribution < -0.4 is 4.74 Å². The van der Waals surface area contributed by atoms with E-state index in [4.69, 9.17) is 9.47 Å². The van der Waals surface area contributed by atoms with Crippen LogP contribution in [-0.4, -0.2) is 64.7 Å². The lowest BCUT2D eigenvalue weighted by molar-refractivity contribution is -0.136. The number of amides is 2. The van der Waals surface area contributed by atoms with Gasteiger partial charge in [0.05, 0.1) is 12.7 Å². The predicted octanol–water partition coefficient (Wildman–Crippen LogP) is 2.71. The minimum atomic E-state index is -0.497. The molecule has 2 saturated heterocycles. The van der Waals surface area contributed by atoms with Crippen molar-refractivity contribution < 1.29 is 19.1 Å². The van der Waals surface area contributed by atoms with E-state index in [9.17, 15) is 9.59 Å². The van der Waals surface area contributed by atoms with E-state index in [-0.39, 0.29) is 24.0 Å². The van der Waals surface area contributed by atoms with E-state index in [0.29, 0.717) is 32.5 Å². The maximum atomic E-state index is 12.8.